The largest absolute Gasteiger partial charge is 0.308 e. The SMILES string of the molecule is N#Cc1cc(-n2c3ccccc3c3cc4c(cc32)sc2ccccc24)c(C#N)cc1-c1nc(-c2ccccc2)nc(-c2ccccc2)n1. The van der Waals surface area contributed by atoms with Crippen LogP contribution >= 0.6 is 11.3 Å². The third kappa shape index (κ3) is 4.34. The van der Waals surface area contributed by atoms with E-state index in [9.17, 15) is 10.5 Å². The molecule has 3 aromatic heterocycles. The summed E-state index contributed by atoms with van der Waals surface area (Å²) in [4.78, 5) is 14.5. The third-order valence-electron chi connectivity index (χ3n) is 8.73. The first-order valence-electron chi connectivity index (χ1n) is 15.4. The van der Waals surface area contributed by atoms with E-state index < -0.39 is 0 Å². The second-order valence-corrected chi connectivity index (χ2v) is 12.6. The van der Waals surface area contributed by atoms with Gasteiger partial charge in [-0.25, -0.2) is 15.0 Å². The molecule has 0 saturated carbocycles. The maximum absolute atomic E-state index is 10.6. The van der Waals surface area contributed by atoms with Crippen LogP contribution < -0.4 is 0 Å². The first kappa shape index (κ1) is 27.6. The summed E-state index contributed by atoms with van der Waals surface area (Å²) >= 11 is 1.75. The highest BCUT2D eigenvalue weighted by Crippen LogP contribution is 2.41. The van der Waals surface area contributed by atoms with Crippen LogP contribution in [0.3, 0.4) is 0 Å². The van der Waals surface area contributed by atoms with Gasteiger partial charge in [-0.05, 0) is 36.4 Å². The topological polar surface area (TPSA) is 91.2 Å². The summed E-state index contributed by atoms with van der Waals surface area (Å²) in [6.07, 6.45) is 0. The smallest absolute Gasteiger partial charge is 0.165 e. The van der Waals surface area contributed by atoms with E-state index in [4.69, 9.17) is 15.0 Å². The zero-order valence-corrected chi connectivity index (χ0v) is 26.1. The Hall–Kier alpha value is -6.67. The van der Waals surface area contributed by atoms with Crippen molar-refractivity contribution in [3.05, 3.63) is 145 Å². The van der Waals surface area contributed by atoms with Crippen molar-refractivity contribution >= 4 is 53.3 Å². The van der Waals surface area contributed by atoms with Gasteiger partial charge in [0.15, 0.2) is 17.5 Å². The van der Waals surface area contributed by atoms with E-state index in [-0.39, 0.29) is 0 Å². The highest BCUT2D eigenvalue weighted by Gasteiger charge is 2.21. The molecule has 48 heavy (non-hydrogen) atoms. The molecule has 0 amide bonds. The van der Waals surface area contributed by atoms with E-state index in [1.807, 2.05) is 72.8 Å². The van der Waals surface area contributed by atoms with Gasteiger partial charge in [-0.15, -0.1) is 11.3 Å². The van der Waals surface area contributed by atoms with Gasteiger partial charge in [0.05, 0.1) is 33.9 Å². The molecule has 0 N–H and O–H groups in total. The van der Waals surface area contributed by atoms with E-state index in [0.717, 1.165) is 37.6 Å². The van der Waals surface area contributed by atoms with Gasteiger partial charge in [0.1, 0.15) is 6.07 Å². The van der Waals surface area contributed by atoms with E-state index in [0.29, 0.717) is 39.9 Å². The molecule has 222 valence electrons. The first-order valence-corrected chi connectivity index (χ1v) is 16.2. The number of para-hydroxylation sites is 1. The van der Waals surface area contributed by atoms with Gasteiger partial charge in [-0.2, -0.15) is 10.5 Å². The van der Waals surface area contributed by atoms with Crippen molar-refractivity contribution < 1.29 is 0 Å². The monoisotopic (exact) mass is 630 g/mol. The fourth-order valence-corrected chi connectivity index (χ4v) is 7.64. The Labute approximate surface area is 279 Å². The van der Waals surface area contributed by atoms with Crippen LogP contribution in [0.4, 0.5) is 0 Å². The summed E-state index contributed by atoms with van der Waals surface area (Å²) < 4.78 is 4.50. The number of benzene rings is 6. The standard InChI is InChI=1S/C41H22N6S/c42-23-27-20-35(47-34-17-9-7-15-29(34)32-21-33-30-16-8-10-18-37(30)48-38(33)22-36(32)47)28(24-43)19-31(27)41-45-39(25-11-3-1-4-12-25)44-40(46-41)26-13-5-2-6-14-26/h1-22H. The maximum atomic E-state index is 10.6. The van der Waals surface area contributed by atoms with Crippen molar-refractivity contribution in [3.8, 4) is 52.0 Å². The number of hydrogen-bond acceptors (Lipinski definition) is 6. The van der Waals surface area contributed by atoms with Crippen molar-refractivity contribution in [2.75, 3.05) is 0 Å². The maximum Gasteiger partial charge on any atom is 0.165 e. The number of nitrogens with zero attached hydrogens (tertiary/aromatic N) is 6. The minimum atomic E-state index is 0.330. The lowest BCUT2D eigenvalue weighted by Gasteiger charge is -2.14. The summed E-state index contributed by atoms with van der Waals surface area (Å²) in [6.45, 7) is 0. The molecule has 6 nitrogen and oxygen atoms in total. The van der Waals surface area contributed by atoms with E-state index in [1.165, 1.54) is 15.5 Å². The number of rotatable bonds is 4. The molecule has 0 aliphatic heterocycles. The number of nitriles is 2. The molecule has 3 heterocycles. The van der Waals surface area contributed by atoms with Crippen LogP contribution in [-0.4, -0.2) is 19.5 Å². The van der Waals surface area contributed by atoms with Crippen LogP contribution in [0.1, 0.15) is 11.1 Å². The van der Waals surface area contributed by atoms with Crippen molar-refractivity contribution in [1.82, 2.24) is 19.5 Å². The molecule has 9 aromatic rings. The Morgan fingerprint density at radius 2 is 1.08 bits per heavy atom. The van der Waals surface area contributed by atoms with Gasteiger partial charge in [0, 0.05) is 47.6 Å². The Morgan fingerprint density at radius 3 is 1.77 bits per heavy atom. The zero-order valence-electron chi connectivity index (χ0n) is 25.3. The van der Waals surface area contributed by atoms with Gasteiger partial charge in [0.25, 0.3) is 0 Å². The van der Waals surface area contributed by atoms with E-state index in [2.05, 4.69) is 65.2 Å². The molecule has 0 fully saturated rings. The van der Waals surface area contributed by atoms with Gasteiger partial charge in [0.2, 0.25) is 0 Å². The molecule has 9 rings (SSSR count). The molecule has 6 aromatic carbocycles. The van der Waals surface area contributed by atoms with Crippen LogP contribution in [0, 0.1) is 22.7 Å². The molecular weight excluding hydrogens is 609 g/mol. The quantitative estimate of drug-likeness (QED) is 0.193. The van der Waals surface area contributed by atoms with Crippen LogP contribution in [-0.2, 0) is 0 Å². The van der Waals surface area contributed by atoms with Crippen LogP contribution in [0.25, 0.3) is 81.8 Å². The number of thiophene rings is 1. The molecular formula is C41H22N6S. The predicted molar refractivity (Wildman–Crippen MR) is 193 cm³/mol. The molecule has 0 unspecified atom stereocenters. The van der Waals surface area contributed by atoms with Gasteiger partial charge in [-0.1, -0.05) is 97.1 Å². The first-order chi connectivity index (χ1) is 23.7. The highest BCUT2D eigenvalue weighted by atomic mass is 32.1. The lowest BCUT2D eigenvalue weighted by Crippen LogP contribution is -2.04. The van der Waals surface area contributed by atoms with Crippen molar-refractivity contribution in [1.29, 1.82) is 10.5 Å². The van der Waals surface area contributed by atoms with E-state index >= 15 is 0 Å². The Balaban J connectivity index is 1.30. The Kier molecular flexibility index (Phi) is 6.33. The average molecular weight is 631 g/mol. The van der Waals surface area contributed by atoms with Crippen LogP contribution in [0.15, 0.2) is 133 Å². The zero-order chi connectivity index (χ0) is 32.2. The molecule has 0 atom stereocenters. The highest BCUT2D eigenvalue weighted by molar-refractivity contribution is 7.25. The number of fused-ring (bicyclic) bond motifs is 6. The molecule has 0 saturated heterocycles. The minimum Gasteiger partial charge on any atom is -0.308 e. The van der Waals surface area contributed by atoms with Crippen molar-refractivity contribution in [3.63, 3.8) is 0 Å². The summed E-state index contributed by atoms with van der Waals surface area (Å²) in [5, 5.41) is 25.8. The molecule has 0 spiro atoms. The second kappa shape index (κ2) is 11.0. The fraction of sp³-hybridized carbons (Fsp3) is 0. The lowest BCUT2D eigenvalue weighted by atomic mass is 10.0. The summed E-state index contributed by atoms with van der Waals surface area (Å²) in [5.41, 5.74) is 5.46. The lowest BCUT2D eigenvalue weighted by molar-refractivity contribution is 1.07. The van der Waals surface area contributed by atoms with Crippen molar-refractivity contribution in [2.45, 2.75) is 0 Å². The molecule has 0 radical (unpaired) electrons. The fourth-order valence-electron chi connectivity index (χ4n) is 6.52. The van der Waals surface area contributed by atoms with Gasteiger partial charge in [-0.3, -0.25) is 0 Å². The molecule has 0 aliphatic rings. The normalized spacial score (nSPS) is 11.3. The Bertz CT molecular complexity index is 2740. The Morgan fingerprint density at radius 1 is 0.479 bits per heavy atom. The summed E-state index contributed by atoms with van der Waals surface area (Å²) in [5.74, 6) is 1.30. The average Bonchev–Trinajstić information content (AvgIpc) is 3.68. The molecule has 0 aliphatic carbocycles. The molecule has 0 bridgehead atoms. The molecule has 7 heteroatoms. The third-order valence-corrected chi connectivity index (χ3v) is 9.86. The summed E-state index contributed by atoms with van der Waals surface area (Å²) in [7, 11) is 0. The van der Waals surface area contributed by atoms with Gasteiger partial charge >= 0.3 is 0 Å². The predicted octanol–water partition coefficient (Wildman–Crippen LogP) is 10.1. The number of aromatic nitrogens is 4. The summed E-state index contributed by atoms with van der Waals surface area (Å²) in [6, 6.07) is 48.9. The van der Waals surface area contributed by atoms with Crippen LogP contribution in [0.5, 0.6) is 0 Å². The van der Waals surface area contributed by atoms with Gasteiger partial charge < -0.3 is 4.57 Å². The van der Waals surface area contributed by atoms with Crippen molar-refractivity contribution in [2.24, 2.45) is 0 Å². The van der Waals surface area contributed by atoms with E-state index in [1.54, 1.807) is 23.5 Å². The second-order valence-electron chi connectivity index (χ2n) is 11.5. The minimum absolute atomic E-state index is 0.330. The number of hydrogen-bond donors (Lipinski definition) is 0. The van der Waals surface area contributed by atoms with Crippen LogP contribution in [0.2, 0.25) is 0 Å².